The average molecular weight is 299 g/mol. The van der Waals surface area contributed by atoms with Crippen molar-refractivity contribution in [2.75, 3.05) is 40.2 Å². The Kier molecular flexibility index (Phi) is 8.29. The van der Waals surface area contributed by atoms with Crippen LogP contribution in [0.5, 0.6) is 0 Å². The number of nitrogens with one attached hydrogen (secondary N) is 1. The SMILES string of the molecule is COCCNC(=O)CSc1ccc(C(OC)OC)cc1. The fraction of sp³-hybridized carbons (Fsp3) is 0.500. The van der Waals surface area contributed by atoms with Crippen LogP contribution in [0, 0.1) is 0 Å². The van der Waals surface area contributed by atoms with Crippen molar-refractivity contribution < 1.29 is 19.0 Å². The van der Waals surface area contributed by atoms with E-state index in [9.17, 15) is 4.79 Å². The fourth-order valence-electron chi connectivity index (χ4n) is 1.58. The van der Waals surface area contributed by atoms with Gasteiger partial charge in [-0.15, -0.1) is 11.8 Å². The molecule has 20 heavy (non-hydrogen) atoms. The summed E-state index contributed by atoms with van der Waals surface area (Å²) in [4.78, 5) is 12.6. The number of amides is 1. The molecule has 0 aromatic heterocycles. The van der Waals surface area contributed by atoms with E-state index in [1.54, 1.807) is 21.3 Å². The molecular weight excluding hydrogens is 278 g/mol. The molecule has 112 valence electrons. The summed E-state index contributed by atoms with van der Waals surface area (Å²) >= 11 is 1.49. The number of carbonyl (C=O) groups is 1. The van der Waals surface area contributed by atoms with Gasteiger partial charge in [0.25, 0.3) is 0 Å². The summed E-state index contributed by atoms with van der Waals surface area (Å²) in [6.07, 6.45) is -0.355. The lowest BCUT2D eigenvalue weighted by Gasteiger charge is -2.13. The third kappa shape index (κ3) is 5.92. The Morgan fingerprint density at radius 1 is 1.20 bits per heavy atom. The summed E-state index contributed by atoms with van der Waals surface area (Å²) in [6, 6.07) is 7.77. The Bertz CT molecular complexity index is 393. The van der Waals surface area contributed by atoms with Crippen molar-refractivity contribution in [2.45, 2.75) is 11.2 Å². The second-order valence-corrected chi connectivity index (χ2v) is 5.05. The smallest absolute Gasteiger partial charge is 0.230 e. The van der Waals surface area contributed by atoms with E-state index in [2.05, 4.69) is 5.32 Å². The van der Waals surface area contributed by atoms with E-state index in [1.807, 2.05) is 24.3 Å². The Balaban J connectivity index is 2.39. The quantitative estimate of drug-likeness (QED) is 0.428. The van der Waals surface area contributed by atoms with Gasteiger partial charge in [0.1, 0.15) is 0 Å². The van der Waals surface area contributed by atoms with Crippen molar-refractivity contribution >= 4 is 17.7 Å². The predicted octanol–water partition coefficient (Wildman–Crippen LogP) is 1.83. The Labute approximate surface area is 124 Å². The highest BCUT2D eigenvalue weighted by Crippen LogP contribution is 2.22. The summed E-state index contributed by atoms with van der Waals surface area (Å²) in [7, 11) is 4.80. The Hall–Kier alpha value is -1.08. The maximum absolute atomic E-state index is 11.5. The summed E-state index contributed by atoms with van der Waals surface area (Å²) in [5.41, 5.74) is 0.948. The molecule has 0 bridgehead atoms. The van der Waals surface area contributed by atoms with E-state index in [-0.39, 0.29) is 12.2 Å². The number of thioether (sulfide) groups is 1. The highest BCUT2D eigenvalue weighted by molar-refractivity contribution is 8.00. The zero-order chi connectivity index (χ0) is 14.8. The van der Waals surface area contributed by atoms with Crippen LogP contribution in [-0.2, 0) is 19.0 Å². The maximum atomic E-state index is 11.5. The van der Waals surface area contributed by atoms with Crippen molar-refractivity contribution in [2.24, 2.45) is 0 Å². The molecule has 0 fully saturated rings. The number of ether oxygens (including phenoxy) is 3. The van der Waals surface area contributed by atoms with E-state index >= 15 is 0 Å². The van der Waals surface area contributed by atoms with Crippen LogP contribution in [0.4, 0.5) is 0 Å². The number of hydrogen-bond donors (Lipinski definition) is 1. The van der Waals surface area contributed by atoms with Crippen LogP contribution in [0.3, 0.4) is 0 Å². The van der Waals surface area contributed by atoms with Crippen LogP contribution in [0.1, 0.15) is 11.9 Å². The lowest BCUT2D eigenvalue weighted by Crippen LogP contribution is -2.28. The molecule has 1 rings (SSSR count). The third-order valence-electron chi connectivity index (χ3n) is 2.58. The van der Waals surface area contributed by atoms with Crippen LogP contribution in [-0.4, -0.2) is 46.1 Å². The molecule has 1 aromatic rings. The second kappa shape index (κ2) is 9.77. The van der Waals surface area contributed by atoms with E-state index in [4.69, 9.17) is 14.2 Å². The lowest BCUT2D eigenvalue weighted by atomic mass is 10.2. The first-order valence-electron chi connectivity index (χ1n) is 6.25. The summed E-state index contributed by atoms with van der Waals surface area (Å²) < 4.78 is 15.2. The fourth-order valence-corrected chi connectivity index (χ4v) is 2.31. The molecule has 0 aliphatic carbocycles. The third-order valence-corrected chi connectivity index (χ3v) is 3.59. The molecule has 0 saturated heterocycles. The van der Waals surface area contributed by atoms with Gasteiger partial charge in [0.2, 0.25) is 5.91 Å². The first-order chi connectivity index (χ1) is 9.71. The highest BCUT2D eigenvalue weighted by atomic mass is 32.2. The molecule has 1 N–H and O–H groups in total. The molecule has 0 radical (unpaired) electrons. The van der Waals surface area contributed by atoms with Gasteiger partial charge >= 0.3 is 0 Å². The van der Waals surface area contributed by atoms with Gasteiger partial charge in [-0.25, -0.2) is 0 Å². The van der Waals surface area contributed by atoms with Crippen LogP contribution >= 0.6 is 11.8 Å². The zero-order valence-electron chi connectivity index (χ0n) is 12.0. The molecule has 6 heteroatoms. The standard InChI is InChI=1S/C14H21NO4S/c1-17-9-8-15-13(16)10-20-12-6-4-11(5-7-12)14(18-2)19-3/h4-7,14H,8-10H2,1-3H3,(H,15,16). The second-order valence-electron chi connectivity index (χ2n) is 4.00. The van der Waals surface area contributed by atoms with E-state index < -0.39 is 0 Å². The van der Waals surface area contributed by atoms with Gasteiger partial charge in [-0.1, -0.05) is 12.1 Å². The molecule has 0 aliphatic heterocycles. The van der Waals surface area contributed by atoms with Crippen LogP contribution in [0.15, 0.2) is 29.2 Å². The first kappa shape index (κ1) is 17.0. The molecule has 1 aromatic carbocycles. The van der Waals surface area contributed by atoms with Crippen molar-refractivity contribution in [3.05, 3.63) is 29.8 Å². The average Bonchev–Trinajstić information content (AvgIpc) is 2.48. The van der Waals surface area contributed by atoms with Gasteiger partial charge in [0.05, 0.1) is 12.4 Å². The van der Waals surface area contributed by atoms with Crippen molar-refractivity contribution in [3.8, 4) is 0 Å². The monoisotopic (exact) mass is 299 g/mol. The van der Waals surface area contributed by atoms with E-state index in [0.29, 0.717) is 18.9 Å². The molecule has 0 spiro atoms. The molecular formula is C14H21NO4S. The van der Waals surface area contributed by atoms with E-state index in [0.717, 1.165) is 10.5 Å². The van der Waals surface area contributed by atoms with Gasteiger partial charge in [-0.2, -0.15) is 0 Å². The predicted molar refractivity (Wildman–Crippen MR) is 78.8 cm³/mol. The number of benzene rings is 1. The van der Waals surface area contributed by atoms with Crippen LogP contribution < -0.4 is 5.32 Å². The zero-order valence-corrected chi connectivity index (χ0v) is 12.9. The molecule has 0 unspecified atom stereocenters. The summed E-state index contributed by atoms with van der Waals surface area (Å²) in [5.74, 6) is 0.393. The molecule has 0 atom stereocenters. The summed E-state index contributed by atoms with van der Waals surface area (Å²) in [5, 5.41) is 2.78. The largest absolute Gasteiger partial charge is 0.383 e. The molecule has 0 aliphatic rings. The molecule has 1 amide bonds. The minimum absolute atomic E-state index is 0.00258. The highest BCUT2D eigenvalue weighted by Gasteiger charge is 2.08. The lowest BCUT2D eigenvalue weighted by molar-refractivity contribution is -0.118. The number of methoxy groups -OCH3 is 3. The number of hydrogen-bond acceptors (Lipinski definition) is 5. The molecule has 0 saturated carbocycles. The van der Waals surface area contributed by atoms with Gasteiger partial charge in [-0.05, 0) is 12.1 Å². The summed E-state index contributed by atoms with van der Waals surface area (Å²) in [6.45, 7) is 1.07. The minimum atomic E-state index is -0.355. The number of rotatable bonds is 9. The van der Waals surface area contributed by atoms with Gasteiger partial charge < -0.3 is 19.5 Å². The normalized spacial score (nSPS) is 10.8. The Morgan fingerprint density at radius 2 is 1.85 bits per heavy atom. The molecule has 0 heterocycles. The van der Waals surface area contributed by atoms with Crippen molar-refractivity contribution in [3.63, 3.8) is 0 Å². The Morgan fingerprint density at radius 3 is 2.40 bits per heavy atom. The maximum Gasteiger partial charge on any atom is 0.230 e. The van der Waals surface area contributed by atoms with Crippen molar-refractivity contribution in [1.82, 2.24) is 5.32 Å². The number of carbonyl (C=O) groups excluding carboxylic acids is 1. The first-order valence-corrected chi connectivity index (χ1v) is 7.23. The van der Waals surface area contributed by atoms with Gasteiger partial charge in [-0.3, -0.25) is 4.79 Å². The van der Waals surface area contributed by atoms with Crippen molar-refractivity contribution in [1.29, 1.82) is 0 Å². The van der Waals surface area contributed by atoms with Gasteiger partial charge in [0, 0.05) is 38.3 Å². The van der Waals surface area contributed by atoms with E-state index in [1.165, 1.54) is 11.8 Å². The topological polar surface area (TPSA) is 56.8 Å². The van der Waals surface area contributed by atoms with Gasteiger partial charge in [0.15, 0.2) is 6.29 Å². The minimum Gasteiger partial charge on any atom is -0.383 e. The van der Waals surface area contributed by atoms with Crippen LogP contribution in [0.2, 0.25) is 0 Å². The van der Waals surface area contributed by atoms with Crippen LogP contribution in [0.25, 0.3) is 0 Å². The molecule has 5 nitrogen and oxygen atoms in total.